The number of amides is 1. The molecule has 2 heterocycles. The van der Waals surface area contributed by atoms with Gasteiger partial charge in [0, 0.05) is 19.1 Å². The van der Waals surface area contributed by atoms with Gasteiger partial charge >= 0.3 is 0 Å². The molecule has 130 valence electrons. The summed E-state index contributed by atoms with van der Waals surface area (Å²) in [5, 5.41) is 6.37. The predicted octanol–water partition coefficient (Wildman–Crippen LogP) is 2.30. The maximum atomic E-state index is 12.1. The summed E-state index contributed by atoms with van der Waals surface area (Å²) < 4.78 is 33.7. The Morgan fingerprint density at radius 2 is 2.00 bits per heavy atom. The Hall–Kier alpha value is -2.94. The smallest absolute Gasteiger partial charge is 0.238 e. The van der Waals surface area contributed by atoms with Crippen LogP contribution in [0.1, 0.15) is 12.3 Å². The van der Waals surface area contributed by atoms with Gasteiger partial charge in [-0.1, -0.05) is 17.3 Å². The molecule has 1 N–H and O–H groups in total. The van der Waals surface area contributed by atoms with Gasteiger partial charge in [-0.25, -0.2) is 8.42 Å². The van der Waals surface area contributed by atoms with Crippen molar-refractivity contribution < 1.29 is 22.2 Å². The maximum Gasteiger partial charge on any atom is 0.238 e. The largest absolute Gasteiger partial charge is 0.461 e. The third-order valence-electron chi connectivity index (χ3n) is 3.34. The van der Waals surface area contributed by atoms with Gasteiger partial charge < -0.3 is 14.3 Å². The number of benzene rings is 1. The van der Waals surface area contributed by atoms with Crippen molar-refractivity contribution in [3.8, 4) is 11.6 Å². The highest BCUT2D eigenvalue weighted by molar-refractivity contribution is 7.90. The van der Waals surface area contributed by atoms with E-state index in [9.17, 15) is 13.2 Å². The number of sulfone groups is 1. The van der Waals surface area contributed by atoms with Crippen molar-refractivity contribution in [2.45, 2.75) is 17.7 Å². The van der Waals surface area contributed by atoms with Crippen molar-refractivity contribution in [1.29, 1.82) is 0 Å². The minimum atomic E-state index is -3.43. The highest BCUT2D eigenvalue weighted by Crippen LogP contribution is 2.21. The molecular weight excluding hydrogens is 346 g/mol. The second-order valence-corrected chi connectivity index (χ2v) is 7.29. The molecule has 0 saturated carbocycles. The molecule has 1 amide bonds. The van der Waals surface area contributed by atoms with Gasteiger partial charge in [-0.15, -0.1) is 0 Å². The lowest BCUT2D eigenvalue weighted by molar-refractivity contribution is -0.116. The van der Waals surface area contributed by atoms with E-state index < -0.39 is 9.84 Å². The molecule has 0 fully saturated rings. The van der Waals surface area contributed by atoms with Crippen LogP contribution in [-0.2, 0) is 21.1 Å². The minimum Gasteiger partial charge on any atom is -0.461 e. The second kappa shape index (κ2) is 6.89. The zero-order valence-corrected chi connectivity index (χ0v) is 14.1. The molecule has 0 aliphatic carbocycles. The van der Waals surface area contributed by atoms with Gasteiger partial charge in [0.05, 0.1) is 16.8 Å². The highest BCUT2D eigenvalue weighted by atomic mass is 32.2. The maximum absolute atomic E-state index is 12.1. The summed E-state index contributed by atoms with van der Waals surface area (Å²) in [5.74, 6) is 0.719. The Labute approximate surface area is 143 Å². The topological polar surface area (TPSA) is 115 Å². The first-order valence-electron chi connectivity index (χ1n) is 7.39. The van der Waals surface area contributed by atoms with Crippen LogP contribution in [0.15, 0.2) is 56.5 Å². The van der Waals surface area contributed by atoms with Gasteiger partial charge in [-0.05, 0) is 24.3 Å². The van der Waals surface area contributed by atoms with Crippen molar-refractivity contribution in [3.63, 3.8) is 0 Å². The molecule has 0 saturated heterocycles. The first kappa shape index (κ1) is 16.9. The van der Waals surface area contributed by atoms with E-state index in [1.165, 1.54) is 18.4 Å². The minimum absolute atomic E-state index is 0.0673. The number of aryl methyl sites for hydroxylation is 1. The first-order valence-corrected chi connectivity index (χ1v) is 9.28. The molecule has 8 nitrogen and oxygen atoms in total. The van der Waals surface area contributed by atoms with E-state index >= 15 is 0 Å². The molecule has 3 rings (SSSR count). The standard InChI is InChI=1S/C16H15N3O5S/c1-25(21,22)13-7-3-2-5-11(13)17-14(20)8-9-15-18-16(19-24-15)12-6-4-10-23-12/h2-7,10H,8-9H2,1H3,(H,17,20). The number of furan rings is 1. The molecule has 0 spiro atoms. The van der Waals surface area contributed by atoms with Crippen molar-refractivity contribution >= 4 is 21.4 Å². The third kappa shape index (κ3) is 4.13. The summed E-state index contributed by atoms with van der Waals surface area (Å²) in [4.78, 5) is 16.3. The Kier molecular flexibility index (Phi) is 4.66. The summed E-state index contributed by atoms with van der Waals surface area (Å²) in [5.41, 5.74) is 0.247. The average molecular weight is 361 g/mol. The quantitative estimate of drug-likeness (QED) is 0.716. The van der Waals surface area contributed by atoms with Gasteiger partial charge in [0.1, 0.15) is 0 Å². The van der Waals surface area contributed by atoms with Crippen LogP contribution in [0.4, 0.5) is 5.69 Å². The van der Waals surface area contributed by atoms with E-state index in [1.807, 2.05) is 0 Å². The number of hydrogen-bond donors (Lipinski definition) is 1. The number of carbonyl (C=O) groups is 1. The molecule has 3 aromatic rings. The highest BCUT2D eigenvalue weighted by Gasteiger charge is 2.16. The molecule has 1 aromatic carbocycles. The zero-order valence-electron chi connectivity index (χ0n) is 13.3. The molecule has 9 heteroatoms. The lowest BCUT2D eigenvalue weighted by Crippen LogP contribution is -2.15. The average Bonchev–Trinajstić information content (AvgIpc) is 3.24. The van der Waals surface area contributed by atoms with Crippen molar-refractivity contribution in [2.24, 2.45) is 0 Å². The number of hydrogen-bond acceptors (Lipinski definition) is 7. The molecule has 0 aliphatic rings. The van der Waals surface area contributed by atoms with Crippen LogP contribution >= 0.6 is 0 Å². The van der Waals surface area contributed by atoms with Crippen LogP contribution in [0.25, 0.3) is 11.6 Å². The van der Waals surface area contributed by atoms with E-state index in [0.717, 1.165) is 6.26 Å². The molecular formula is C16H15N3O5S. The van der Waals surface area contributed by atoms with Crippen LogP contribution in [0.2, 0.25) is 0 Å². The summed E-state index contributed by atoms with van der Waals surface area (Å²) in [6.07, 6.45) is 2.88. The fourth-order valence-corrected chi connectivity index (χ4v) is 3.03. The van der Waals surface area contributed by atoms with Gasteiger partial charge in [0.2, 0.25) is 17.6 Å². The fourth-order valence-electron chi connectivity index (χ4n) is 2.19. The first-order chi connectivity index (χ1) is 11.9. The molecule has 2 aromatic heterocycles. The Morgan fingerprint density at radius 3 is 2.72 bits per heavy atom. The number of nitrogens with zero attached hydrogens (tertiary/aromatic N) is 2. The molecule has 0 aliphatic heterocycles. The van der Waals surface area contributed by atoms with E-state index in [1.54, 1.807) is 24.3 Å². The number of carbonyl (C=O) groups excluding carboxylic acids is 1. The number of nitrogens with one attached hydrogen (secondary N) is 1. The van der Waals surface area contributed by atoms with Gasteiger partial charge in [0.15, 0.2) is 15.6 Å². The van der Waals surface area contributed by atoms with E-state index in [0.29, 0.717) is 11.6 Å². The van der Waals surface area contributed by atoms with Crippen LogP contribution < -0.4 is 5.32 Å². The molecule has 25 heavy (non-hydrogen) atoms. The number of rotatable bonds is 6. The Morgan fingerprint density at radius 1 is 1.20 bits per heavy atom. The van der Waals surface area contributed by atoms with Crippen molar-refractivity contribution in [1.82, 2.24) is 10.1 Å². The second-order valence-electron chi connectivity index (χ2n) is 5.31. The van der Waals surface area contributed by atoms with Gasteiger partial charge in [-0.2, -0.15) is 4.98 Å². The SMILES string of the molecule is CS(=O)(=O)c1ccccc1NC(=O)CCc1nc(-c2ccco2)no1. The van der Waals surface area contributed by atoms with Gasteiger partial charge in [0.25, 0.3) is 0 Å². The lowest BCUT2D eigenvalue weighted by Gasteiger charge is -2.08. The lowest BCUT2D eigenvalue weighted by atomic mass is 10.2. The predicted molar refractivity (Wildman–Crippen MR) is 88.5 cm³/mol. The summed E-state index contributed by atoms with van der Waals surface area (Å²) >= 11 is 0. The van der Waals surface area contributed by atoms with Crippen LogP contribution in [0.5, 0.6) is 0 Å². The van der Waals surface area contributed by atoms with Crippen LogP contribution in [0, 0.1) is 0 Å². The fraction of sp³-hybridized carbons (Fsp3) is 0.188. The molecule has 0 unspecified atom stereocenters. The number of para-hydroxylation sites is 1. The Balaban J connectivity index is 1.63. The number of anilines is 1. The Bertz CT molecular complexity index is 977. The monoisotopic (exact) mass is 361 g/mol. The van der Waals surface area contributed by atoms with Crippen LogP contribution in [0.3, 0.4) is 0 Å². The van der Waals surface area contributed by atoms with E-state index in [2.05, 4.69) is 15.5 Å². The van der Waals surface area contributed by atoms with E-state index in [-0.39, 0.29) is 35.2 Å². The zero-order chi connectivity index (χ0) is 17.9. The molecule has 0 radical (unpaired) electrons. The third-order valence-corrected chi connectivity index (χ3v) is 4.49. The van der Waals surface area contributed by atoms with Crippen molar-refractivity contribution in [2.75, 3.05) is 11.6 Å². The van der Waals surface area contributed by atoms with Gasteiger partial charge in [-0.3, -0.25) is 4.79 Å². The molecule has 0 bridgehead atoms. The molecule has 0 atom stereocenters. The summed E-state index contributed by atoms with van der Waals surface area (Å²) in [7, 11) is -3.43. The van der Waals surface area contributed by atoms with Crippen molar-refractivity contribution in [3.05, 3.63) is 48.6 Å². The van der Waals surface area contributed by atoms with E-state index in [4.69, 9.17) is 8.94 Å². The normalized spacial score (nSPS) is 11.4. The van der Waals surface area contributed by atoms with Crippen LogP contribution in [-0.4, -0.2) is 30.7 Å². The summed E-state index contributed by atoms with van der Waals surface area (Å²) in [6, 6.07) is 9.63. The number of aromatic nitrogens is 2. The summed E-state index contributed by atoms with van der Waals surface area (Å²) in [6.45, 7) is 0.